The van der Waals surface area contributed by atoms with E-state index in [1.165, 1.54) is 11.1 Å². The van der Waals surface area contributed by atoms with E-state index in [2.05, 4.69) is 73.8 Å². The molecule has 2 rings (SSSR count). The zero-order valence-corrected chi connectivity index (χ0v) is 19.2. The molecule has 132 valence electrons. The van der Waals surface area contributed by atoms with Gasteiger partial charge in [-0.25, -0.2) is 0 Å². The monoisotopic (exact) mass is 411 g/mol. The third-order valence-electron chi connectivity index (χ3n) is 4.49. The zero-order chi connectivity index (χ0) is 15.8. The smallest absolute Gasteiger partial charge is 0.147 e. The van der Waals surface area contributed by atoms with Crippen LogP contribution in [0.2, 0.25) is 9.95 Å². The van der Waals surface area contributed by atoms with Gasteiger partial charge in [-0.05, 0) is 0 Å². The van der Waals surface area contributed by atoms with Crippen LogP contribution in [0.1, 0.15) is 42.5 Å². The molecule has 0 amide bonds. The summed E-state index contributed by atoms with van der Waals surface area (Å²) in [4.78, 5) is 0. The first-order valence-corrected chi connectivity index (χ1v) is 16.3. The Hall–Kier alpha value is 0.391. The van der Waals surface area contributed by atoms with Crippen LogP contribution in [0.3, 0.4) is 0 Å². The summed E-state index contributed by atoms with van der Waals surface area (Å²) in [7, 11) is 2.24. The van der Waals surface area contributed by atoms with Gasteiger partial charge < -0.3 is 0 Å². The number of nitrogens with one attached hydrogen (secondary N) is 1. The molecule has 0 spiro atoms. The first-order valence-electron chi connectivity index (χ1n) is 7.88. The second-order valence-electron chi connectivity index (χ2n) is 8.07. The molecule has 0 heterocycles. The minimum absolute atomic E-state index is 0. The number of aliphatic hydroxyl groups excluding tert-OH is 1. The minimum Gasteiger partial charge on any atom is -0.147 e. The largest absolute Gasteiger partial charge is 0.147 e. The summed E-state index contributed by atoms with van der Waals surface area (Å²) in [5.74, 6) is 0. The SMILES string of the molecule is CC(C)(C)[NH][Ti]([CH3])(=[SiH2])([CH2]CCO)[CH]1C=Cc2ccccc21.Cl.Cl. The van der Waals surface area contributed by atoms with Crippen molar-refractivity contribution < 1.29 is 19.4 Å². The van der Waals surface area contributed by atoms with Crippen molar-refractivity contribution in [2.24, 2.45) is 0 Å². The van der Waals surface area contributed by atoms with Crippen LogP contribution in [-0.2, 0) is 14.3 Å². The van der Waals surface area contributed by atoms with Gasteiger partial charge in [0.1, 0.15) is 0 Å². The van der Waals surface area contributed by atoms with Gasteiger partial charge in [0, 0.05) is 0 Å². The molecular weight excluding hydrogens is 381 g/mol. The van der Waals surface area contributed by atoms with Crippen molar-refractivity contribution in [2.75, 3.05) is 6.61 Å². The van der Waals surface area contributed by atoms with Crippen molar-refractivity contribution >= 4 is 38.5 Å². The van der Waals surface area contributed by atoms with Crippen molar-refractivity contribution in [3.8, 4) is 0 Å². The van der Waals surface area contributed by atoms with Gasteiger partial charge in [-0.3, -0.25) is 0 Å². The summed E-state index contributed by atoms with van der Waals surface area (Å²) >= 11 is -2.99. The second kappa shape index (κ2) is 8.18. The Morgan fingerprint density at radius 3 is 2.39 bits per heavy atom. The third-order valence-corrected chi connectivity index (χ3v) is 17.2. The number of hydrogen-bond donors (Lipinski definition) is 2. The number of rotatable bonds is 5. The van der Waals surface area contributed by atoms with Gasteiger partial charge in [0.15, 0.2) is 0 Å². The number of benzene rings is 1. The fourth-order valence-electron chi connectivity index (χ4n) is 3.97. The van der Waals surface area contributed by atoms with E-state index in [0.717, 1.165) is 11.1 Å². The van der Waals surface area contributed by atoms with Gasteiger partial charge in [-0.1, -0.05) is 0 Å². The molecule has 0 fully saturated rings. The molecule has 1 aromatic carbocycles. The molecule has 1 unspecified atom stereocenters. The molecule has 2 nitrogen and oxygen atoms in total. The van der Waals surface area contributed by atoms with Gasteiger partial charge >= 0.3 is 132 Å². The van der Waals surface area contributed by atoms with E-state index in [9.17, 15) is 5.11 Å². The maximum atomic E-state index is 9.37. The van der Waals surface area contributed by atoms with Gasteiger partial charge in [0.25, 0.3) is 0 Å². The van der Waals surface area contributed by atoms with Crippen molar-refractivity contribution in [1.29, 1.82) is 0 Å². The first-order chi connectivity index (χ1) is 9.65. The third kappa shape index (κ3) is 5.43. The molecule has 0 radical (unpaired) electrons. The fourth-order valence-corrected chi connectivity index (χ4v) is 17.7. The Balaban J connectivity index is 0.00000242. The average molecular weight is 412 g/mol. The number of halogens is 2. The molecule has 0 saturated carbocycles. The summed E-state index contributed by atoms with van der Waals surface area (Å²) in [5, 5.41) is 11.9. The van der Waals surface area contributed by atoms with Crippen LogP contribution in [0.15, 0.2) is 30.3 Å². The Morgan fingerprint density at radius 1 is 1.22 bits per heavy atom. The molecule has 0 aromatic heterocycles. The Labute approximate surface area is 156 Å². The van der Waals surface area contributed by atoms with Gasteiger partial charge in [-0.15, -0.1) is 24.8 Å². The van der Waals surface area contributed by atoms with Crippen LogP contribution in [0.5, 0.6) is 0 Å². The molecule has 0 bridgehead atoms. The van der Waals surface area contributed by atoms with E-state index in [1.54, 1.807) is 0 Å². The molecule has 6 heteroatoms. The topological polar surface area (TPSA) is 32.3 Å². The van der Waals surface area contributed by atoms with Crippen LogP contribution >= 0.6 is 24.8 Å². The normalized spacial score (nSPS) is 17.2. The quantitative estimate of drug-likeness (QED) is 0.717. The maximum Gasteiger partial charge on any atom is -0.147 e. The average Bonchev–Trinajstić information content (AvgIpc) is 2.79. The standard InChI is InChI=1S/C9H7.C4H10N.C3H7O.CH3.2ClH.H2Si.Ti/c1-2-5-9-7-3-6-8(9)4-1;1-4(2,3)5;1-2-3-4;;;;;/h1-7H;5H,1-3H3;4H,1-3H2;1H3;2*1H;1H2;/q;-1;;;;;;+1. The summed E-state index contributed by atoms with van der Waals surface area (Å²) in [6.45, 7) is 7.07. The van der Waals surface area contributed by atoms with E-state index >= 15 is 0 Å². The molecule has 1 aliphatic carbocycles. The van der Waals surface area contributed by atoms with Crippen molar-refractivity contribution in [1.82, 2.24) is 3.80 Å². The Morgan fingerprint density at radius 2 is 1.83 bits per heavy atom. The van der Waals surface area contributed by atoms with E-state index in [0.29, 0.717) is 4.22 Å². The molecule has 1 aromatic rings. The van der Waals surface area contributed by atoms with Crippen LogP contribution < -0.4 is 3.80 Å². The fraction of sp³-hybridized carbons (Fsp3) is 0.529. The van der Waals surface area contributed by atoms with E-state index < -0.39 is 14.3 Å². The van der Waals surface area contributed by atoms with E-state index in [4.69, 9.17) is 0 Å². The van der Waals surface area contributed by atoms with Crippen molar-refractivity contribution in [3.63, 3.8) is 0 Å². The Kier molecular flexibility index (Phi) is 8.32. The molecule has 23 heavy (non-hydrogen) atoms. The maximum absolute atomic E-state index is 9.37. The predicted molar refractivity (Wildman–Crippen MR) is 107 cm³/mol. The summed E-state index contributed by atoms with van der Waals surface area (Å²) in [6, 6.07) is 8.76. The number of allylic oxidation sites excluding steroid dienone is 1. The molecule has 1 aliphatic rings. The predicted octanol–water partition coefficient (Wildman–Crippen LogP) is 3.99. The number of aliphatic hydroxyl groups is 1. The molecular formula is C17H31Cl2NOSiTi. The summed E-state index contributed by atoms with van der Waals surface area (Å²) < 4.78 is 5.72. The Bertz CT molecular complexity index is 627. The van der Waals surface area contributed by atoms with Crippen molar-refractivity contribution in [2.45, 2.75) is 46.9 Å². The van der Waals surface area contributed by atoms with Crippen LogP contribution in [0, 0.1) is 0 Å². The summed E-state index contributed by atoms with van der Waals surface area (Å²) in [6.07, 6.45) is 5.58. The second-order valence-corrected chi connectivity index (χ2v) is 25.8. The van der Waals surface area contributed by atoms with Crippen molar-refractivity contribution in [3.05, 3.63) is 41.5 Å². The van der Waals surface area contributed by atoms with Crippen LogP contribution in [0.4, 0.5) is 0 Å². The molecule has 0 saturated heterocycles. The number of fused-ring (bicyclic) bond motifs is 1. The summed E-state index contributed by atoms with van der Waals surface area (Å²) in [5.41, 5.74) is 2.95. The molecule has 1 atom stereocenters. The van der Waals surface area contributed by atoms with E-state index in [-0.39, 0.29) is 37.0 Å². The zero-order valence-electron chi connectivity index (χ0n) is 14.6. The first kappa shape index (κ1) is 23.4. The minimum atomic E-state index is -2.99. The van der Waals surface area contributed by atoms with Gasteiger partial charge in [-0.2, -0.15) is 0 Å². The van der Waals surface area contributed by atoms with E-state index in [1.807, 2.05) is 0 Å². The molecule has 0 aliphatic heterocycles. The van der Waals surface area contributed by atoms with Crippen LogP contribution in [0.25, 0.3) is 6.08 Å². The van der Waals surface area contributed by atoms with Crippen LogP contribution in [-0.4, -0.2) is 24.9 Å². The van der Waals surface area contributed by atoms with Gasteiger partial charge in [0.2, 0.25) is 0 Å². The molecule has 2 N–H and O–H groups in total. The number of hydrogen-bond acceptors (Lipinski definition) is 2. The van der Waals surface area contributed by atoms with Gasteiger partial charge in [0.05, 0.1) is 0 Å².